The van der Waals surface area contributed by atoms with Crippen molar-refractivity contribution in [1.29, 1.82) is 0 Å². The Morgan fingerprint density at radius 3 is 1.94 bits per heavy atom. The summed E-state index contributed by atoms with van der Waals surface area (Å²) in [7, 11) is 0. The normalized spacial score (nSPS) is 11.9. The zero-order chi connectivity index (χ0) is 23.6. The Balaban J connectivity index is 1.66. The SMILES string of the molecule is c1ccc(-c2ccc3ccc4c5c6ccccc6ccc5c5cc6ccccc6nc5c4c3c2)cc1. The molecular weight excluding hydrogens is 434 g/mol. The van der Waals surface area contributed by atoms with Gasteiger partial charge in [0.1, 0.15) is 0 Å². The predicted octanol–water partition coefficient (Wildman–Crippen LogP) is 9.67. The lowest BCUT2D eigenvalue weighted by Crippen LogP contribution is -1.90. The zero-order valence-electron chi connectivity index (χ0n) is 19.6. The predicted molar refractivity (Wildman–Crippen MR) is 155 cm³/mol. The van der Waals surface area contributed by atoms with Crippen LogP contribution in [0.25, 0.3) is 76.0 Å². The van der Waals surface area contributed by atoms with E-state index >= 15 is 0 Å². The molecule has 8 rings (SSSR count). The highest BCUT2D eigenvalue weighted by Gasteiger charge is 2.16. The van der Waals surface area contributed by atoms with Gasteiger partial charge in [0, 0.05) is 16.2 Å². The van der Waals surface area contributed by atoms with Crippen molar-refractivity contribution in [2.75, 3.05) is 0 Å². The van der Waals surface area contributed by atoms with Gasteiger partial charge in [-0.05, 0) is 67.0 Å². The molecule has 0 aliphatic carbocycles. The van der Waals surface area contributed by atoms with Gasteiger partial charge in [-0.3, -0.25) is 0 Å². The molecular formula is C35H21N. The number of hydrogen-bond donors (Lipinski definition) is 0. The summed E-state index contributed by atoms with van der Waals surface area (Å²) in [5.74, 6) is 0. The van der Waals surface area contributed by atoms with Crippen LogP contribution in [0.4, 0.5) is 0 Å². The monoisotopic (exact) mass is 455 g/mol. The van der Waals surface area contributed by atoms with Crippen LogP contribution in [0.2, 0.25) is 0 Å². The Morgan fingerprint density at radius 1 is 0.361 bits per heavy atom. The van der Waals surface area contributed by atoms with Crippen molar-refractivity contribution in [3.05, 3.63) is 127 Å². The topological polar surface area (TPSA) is 12.9 Å². The van der Waals surface area contributed by atoms with Gasteiger partial charge in [0.2, 0.25) is 0 Å². The Bertz CT molecular complexity index is 2130. The van der Waals surface area contributed by atoms with Crippen LogP contribution in [0.1, 0.15) is 0 Å². The average Bonchev–Trinajstić information content (AvgIpc) is 2.95. The van der Waals surface area contributed by atoms with Crippen LogP contribution in [-0.2, 0) is 0 Å². The van der Waals surface area contributed by atoms with Crippen LogP contribution in [0.3, 0.4) is 0 Å². The van der Waals surface area contributed by atoms with E-state index in [4.69, 9.17) is 4.98 Å². The maximum absolute atomic E-state index is 5.29. The molecule has 1 nitrogen and oxygen atoms in total. The summed E-state index contributed by atoms with van der Waals surface area (Å²) < 4.78 is 0. The van der Waals surface area contributed by atoms with Crippen molar-refractivity contribution in [3.8, 4) is 11.1 Å². The molecule has 0 aliphatic rings. The fourth-order valence-electron chi connectivity index (χ4n) is 5.89. The first-order valence-corrected chi connectivity index (χ1v) is 12.4. The first-order chi connectivity index (χ1) is 17.8. The largest absolute Gasteiger partial charge is 0.247 e. The second-order valence-corrected chi connectivity index (χ2v) is 9.58. The first-order valence-electron chi connectivity index (χ1n) is 12.4. The molecule has 36 heavy (non-hydrogen) atoms. The molecule has 0 bridgehead atoms. The number of rotatable bonds is 1. The van der Waals surface area contributed by atoms with E-state index in [0.717, 1.165) is 11.0 Å². The van der Waals surface area contributed by atoms with Gasteiger partial charge in [-0.2, -0.15) is 0 Å². The van der Waals surface area contributed by atoms with Gasteiger partial charge in [0.25, 0.3) is 0 Å². The molecule has 0 spiro atoms. The number of hydrogen-bond acceptors (Lipinski definition) is 1. The van der Waals surface area contributed by atoms with Crippen molar-refractivity contribution in [2.45, 2.75) is 0 Å². The van der Waals surface area contributed by atoms with Crippen molar-refractivity contribution in [2.24, 2.45) is 0 Å². The molecule has 0 radical (unpaired) electrons. The van der Waals surface area contributed by atoms with Crippen molar-refractivity contribution in [1.82, 2.24) is 4.98 Å². The molecule has 0 saturated carbocycles. The molecule has 0 fully saturated rings. The lowest BCUT2D eigenvalue weighted by molar-refractivity contribution is 1.52. The summed E-state index contributed by atoms with van der Waals surface area (Å²) in [6.07, 6.45) is 0. The summed E-state index contributed by atoms with van der Waals surface area (Å²) in [5, 5.41) is 12.5. The van der Waals surface area contributed by atoms with Crippen LogP contribution in [0.5, 0.6) is 0 Å². The second kappa shape index (κ2) is 7.37. The highest BCUT2D eigenvalue weighted by atomic mass is 14.7. The molecule has 0 saturated heterocycles. The average molecular weight is 456 g/mol. The highest BCUT2D eigenvalue weighted by Crippen LogP contribution is 2.42. The maximum Gasteiger partial charge on any atom is 0.0800 e. The van der Waals surface area contributed by atoms with Crippen LogP contribution in [0.15, 0.2) is 127 Å². The number of para-hydroxylation sites is 1. The minimum Gasteiger partial charge on any atom is -0.247 e. The molecule has 7 aromatic carbocycles. The number of aromatic nitrogens is 1. The molecule has 1 heteroatoms. The Hall–Kier alpha value is -4.75. The summed E-state index contributed by atoms with van der Waals surface area (Å²) in [6.45, 7) is 0. The third-order valence-electron chi connectivity index (χ3n) is 7.58. The smallest absolute Gasteiger partial charge is 0.0800 e. The third kappa shape index (κ3) is 2.74. The van der Waals surface area contributed by atoms with Crippen LogP contribution < -0.4 is 0 Å². The quantitative estimate of drug-likeness (QED) is 0.177. The van der Waals surface area contributed by atoms with E-state index in [9.17, 15) is 0 Å². The fourth-order valence-corrected chi connectivity index (χ4v) is 5.89. The van der Waals surface area contributed by atoms with E-state index in [0.29, 0.717) is 0 Å². The standard InChI is InChI=1S/C35H21N/c1-2-8-22(9-3-1)25-15-14-24-17-19-29-33-27-12-6-4-10-23(27)16-18-28(33)31-21-26-11-5-7-13-32(26)36-35(31)34(29)30(24)20-25/h1-21H. The number of fused-ring (bicyclic) bond motifs is 11. The number of nitrogens with zero attached hydrogens (tertiary/aromatic N) is 1. The molecule has 8 aromatic rings. The third-order valence-corrected chi connectivity index (χ3v) is 7.58. The molecule has 0 atom stereocenters. The number of pyridine rings is 1. The van der Waals surface area contributed by atoms with Crippen LogP contribution >= 0.6 is 0 Å². The Labute approximate surface area is 208 Å². The van der Waals surface area contributed by atoms with Gasteiger partial charge < -0.3 is 0 Å². The van der Waals surface area contributed by atoms with E-state index in [1.165, 1.54) is 65.0 Å². The van der Waals surface area contributed by atoms with Crippen LogP contribution in [0, 0.1) is 0 Å². The van der Waals surface area contributed by atoms with Gasteiger partial charge >= 0.3 is 0 Å². The summed E-state index contributed by atoms with van der Waals surface area (Å²) in [6, 6.07) is 46.0. The maximum atomic E-state index is 5.29. The van der Waals surface area contributed by atoms with Crippen molar-refractivity contribution >= 4 is 64.9 Å². The summed E-state index contributed by atoms with van der Waals surface area (Å²) >= 11 is 0. The molecule has 1 heterocycles. The molecule has 0 unspecified atom stereocenters. The van der Waals surface area contributed by atoms with Crippen molar-refractivity contribution < 1.29 is 0 Å². The lowest BCUT2D eigenvalue weighted by atomic mass is 9.89. The first kappa shape index (κ1) is 19.5. The molecule has 1 aromatic heterocycles. The van der Waals surface area contributed by atoms with Gasteiger partial charge in [-0.25, -0.2) is 4.98 Å². The summed E-state index contributed by atoms with van der Waals surface area (Å²) in [4.78, 5) is 5.29. The van der Waals surface area contributed by atoms with Crippen LogP contribution in [-0.4, -0.2) is 4.98 Å². The van der Waals surface area contributed by atoms with E-state index < -0.39 is 0 Å². The van der Waals surface area contributed by atoms with Gasteiger partial charge in [-0.1, -0.05) is 109 Å². The Morgan fingerprint density at radius 2 is 1.06 bits per heavy atom. The van der Waals surface area contributed by atoms with Gasteiger partial charge in [0.05, 0.1) is 11.0 Å². The lowest BCUT2D eigenvalue weighted by Gasteiger charge is -2.15. The Kier molecular flexibility index (Phi) is 4.00. The van der Waals surface area contributed by atoms with Crippen molar-refractivity contribution in [3.63, 3.8) is 0 Å². The number of benzene rings is 7. The fraction of sp³-hybridized carbons (Fsp3) is 0. The minimum absolute atomic E-state index is 1.03. The molecule has 0 aliphatic heterocycles. The molecule has 0 amide bonds. The van der Waals surface area contributed by atoms with Gasteiger partial charge in [0.15, 0.2) is 0 Å². The van der Waals surface area contributed by atoms with E-state index in [1.807, 2.05) is 0 Å². The zero-order valence-corrected chi connectivity index (χ0v) is 19.6. The van der Waals surface area contributed by atoms with Gasteiger partial charge in [-0.15, -0.1) is 0 Å². The van der Waals surface area contributed by atoms with E-state index in [2.05, 4.69) is 127 Å². The summed E-state index contributed by atoms with van der Waals surface area (Å²) in [5.41, 5.74) is 4.55. The van der Waals surface area contributed by atoms with E-state index in [-0.39, 0.29) is 0 Å². The highest BCUT2D eigenvalue weighted by molar-refractivity contribution is 6.35. The second-order valence-electron chi connectivity index (χ2n) is 9.58. The van der Waals surface area contributed by atoms with E-state index in [1.54, 1.807) is 0 Å². The molecule has 166 valence electrons. The minimum atomic E-state index is 1.03. The molecule has 0 N–H and O–H groups in total.